The molecule has 1 atom stereocenters. The maximum Gasteiger partial charge on any atom is 0.335 e. The lowest BCUT2D eigenvalue weighted by Crippen LogP contribution is -2.33. The van der Waals surface area contributed by atoms with E-state index in [-0.39, 0.29) is 11.4 Å². The van der Waals surface area contributed by atoms with E-state index < -0.39 is 12.1 Å². The van der Waals surface area contributed by atoms with E-state index in [1.165, 1.54) is 0 Å². The second kappa shape index (κ2) is 7.70. The lowest BCUT2D eigenvalue weighted by Gasteiger charge is -2.33. The number of nitrogens with zero attached hydrogens (tertiary/aromatic N) is 1. The van der Waals surface area contributed by atoms with E-state index in [9.17, 15) is 9.90 Å². The van der Waals surface area contributed by atoms with Gasteiger partial charge in [-0.25, -0.2) is 4.79 Å². The van der Waals surface area contributed by atoms with Crippen LogP contribution in [0.2, 0.25) is 0 Å². The van der Waals surface area contributed by atoms with Gasteiger partial charge in [-0.1, -0.05) is 6.92 Å². The number of hydrogen-bond donors (Lipinski definition) is 3. The first-order chi connectivity index (χ1) is 10.5. The summed E-state index contributed by atoms with van der Waals surface area (Å²) in [7, 11) is 0. The molecule has 0 amide bonds. The molecule has 0 bridgehead atoms. The van der Waals surface area contributed by atoms with Crippen molar-refractivity contribution < 1.29 is 15.0 Å². The van der Waals surface area contributed by atoms with Gasteiger partial charge >= 0.3 is 5.97 Å². The zero-order valence-corrected chi connectivity index (χ0v) is 13.5. The molecule has 0 saturated carbocycles. The second-order valence-electron chi connectivity index (χ2n) is 5.90. The van der Waals surface area contributed by atoms with Crippen molar-refractivity contribution in [3.8, 4) is 0 Å². The molecule has 1 aliphatic rings. The van der Waals surface area contributed by atoms with Crippen LogP contribution in [0.3, 0.4) is 0 Å². The van der Waals surface area contributed by atoms with Crippen LogP contribution in [-0.2, 0) is 0 Å². The minimum absolute atomic E-state index is 0.141. The van der Waals surface area contributed by atoms with Crippen molar-refractivity contribution in [1.82, 2.24) is 0 Å². The zero-order valence-electron chi connectivity index (χ0n) is 12.8. The summed E-state index contributed by atoms with van der Waals surface area (Å²) in [4.78, 5) is 13.4. The van der Waals surface area contributed by atoms with E-state index >= 15 is 0 Å². The van der Waals surface area contributed by atoms with Crippen LogP contribution >= 0.6 is 11.6 Å². The van der Waals surface area contributed by atoms with Crippen molar-refractivity contribution in [3.63, 3.8) is 0 Å². The molecule has 1 aliphatic heterocycles. The highest BCUT2D eigenvalue weighted by Gasteiger charge is 2.19. The normalized spacial score (nSPS) is 17.3. The lowest BCUT2D eigenvalue weighted by atomic mass is 9.98. The molecule has 2 rings (SSSR count). The zero-order chi connectivity index (χ0) is 16.1. The fraction of sp³-hybridized carbons (Fsp3) is 0.562. The third-order valence-corrected chi connectivity index (χ3v) is 4.43. The maximum absolute atomic E-state index is 11.2. The Morgan fingerprint density at radius 2 is 2.14 bits per heavy atom. The molecule has 1 aromatic carbocycles. The minimum atomic E-state index is -0.959. The van der Waals surface area contributed by atoms with Crippen LogP contribution in [0.1, 0.15) is 30.1 Å². The van der Waals surface area contributed by atoms with Crippen molar-refractivity contribution >= 4 is 28.9 Å². The summed E-state index contributed by atoms with van der Waals surface area (Å²) in [6, 6.07) is 5.09. The van der Waals surface area contributed by atoms with E-state index in [0.29, 0.717) is 6.54 Å². The number of alkyl halides is 1. The van der Waals surface area contributed by atoms with E-state index in [1.54, 1.807) is 12.1 Å². The average Bonchev–Trinajstić information content (AvgIpc) is 2.53. The Hall–Kier alpha value is -1.46. The first-order valence-corrected chi connectivity index (χ1v) is 8.15. The number of aliphatic hydroxyl groups is 1. The smallest absolute Gasteiger partial charge is 0.335 e. The van der Waals surface area contributed by atoms with Gasteiger partial charge < -0.3 is 20.4 Å². The maximum atomic E-state index is 11.2. The van der Waals surface area contributed by atoms with Crippen LogP contribution in [0.4, 0.5) is 11.4 Å². The fourth-order valence-corrected chi connectivity index (χ4v) is 2.73. The monoisotopic (exact) mass is 326 g/mol. The first kappa shape index (κ1) is 16.9. The molecule has 0 radical (unpaired) electrons. The number of carboxylic acid groups (broad SMARTS) is 1. The summed E-state index contributed by atoms with van der Waals surface area (Å²) in [5.74, 6) is -0.0916. The average molecular weight is 327 g/mol. The molecule has 1 unspecified atom stereocenters. The van der Waals surface area contributed by atoms with Gasteiger partial charge in [0.15, 0.2) is 0 Å². The number of aliphatic hydroxyl groups excluding tert-OH is 1. The van der Waals surface area contributed by atoms with Crippen LogP contribution in [-0.4, -0.2) is 47.8 Å². The quantitative estimate of drug-likeness (QED) is 0.701. The number of anilines is 2. The highest BCUT2D eigenvalue weighted by molar-refractivity contribution is 6.18. The van der Waals surface area contributed by atoms with E-state index in [2.05, 4.69) is 17.1 Å². The molecule has 1 heterocycles. The topological polar surface area (TPSA) is 72.8 Å². The number of aromatic carboxylic acids is 1. The highest BCUT2D eigenvalue weighted by atomic mass is 35.5. The van der Waals surface area contributed by atoms with Crippen molar-refractivity contribution in [2.75, 3.05) is 35.7 Å². The van der Waals surface area contributed by atoms with Crippen LogP contribution in [0.15, 0.2) is 18.2 Å². The molecular formula is C16H23ClN2O3. The number of halogens is 1. The molecule has 0 aromatic heterocycles. The Morgan fingerprint density at radius 3 is 2.73 bits per heavy atom. The van der Waals surface area contributed by atoms with Crippen molar-refractivity contribution in [2.45, 2.75) is 25.9 Å². The standard InChI is InChI=1S/C16H23ClN2O3/c1-11-4-6-19(7-5-11)15-3-2-12(16(21)22)8-14(15)18-10-13(20)9-17/h2-3,8,11,13,18,20H,4-7,9-10H2,1H3,(H,21,22). The highest BCUT2D eigenvalue weighted by Crippen LogP contribution is 2.31. The minimum Gasteiger partial charge on any atom is -0.478 e. The molecule has 1 saturated heterocycles. The largest absolute Gasteiger partial charge is 0.478 e. The molecule has 1 aromatic rings. The number of carbonyl (C=O) groups is 1. The molecular weight excluding hydrogens is 304 g/mol. The fourth-order valence-electron chi connectivity index (χ4n) is 2.62. The number of nitrogens with one attached hydrogen (secondary N) is 1. The molecule has 0 spiro atoms. The summed E-state index contributed by atoms with van der Waals surface area (Å²) >= 11 is 5.61. The van der Waals surface area contributed by atoms with Gasteiger partial charge in [-0.05, 0) is 37.0 Å². The van der Waals surface area contributed by atoms with Gasteiger partial charge in [0.1, 0.15) is 0 Å². The van der Waals surface area contributed by atoms with Gasteiger partial charge in [-0.3, -0.25) is 0 Å². The number of carboxylic acids is 1. The number of hydrogen-bond acceptors (Lipinski definition) is 4. The number of rotatable bonds is 6. The van der Waals surface area contributed by atoms with Crippen LogP contribution < -0.4 is 10.2 Å². The van der Waals surface area contributed by atoms with E-state index in [4.69, 9.17) is 16.7 Å². The van der Waals surface area contributed by atoms with E-state index in [0.717, 1.165) is 43.2 Å². The number of benzene rings is 1. The van der Waals surface area contributed by atoms with Gasteiger partial charge in [0.2, 0.25) is 0 Å². The van der Waals surface area contributed by atoms with Gasteiger partial charge in [-0.2, -0.15) is 0 Å². The van der Waals surface area contributed by atoms with E-state index in [1.807, 2.05) is 6.07 Å². The van der Waals surface area contributed by atoms with Gasteiger partial charge in [-0.15, -0.1) is 11.6 Å². The van der Waals surface area contributed by atoms with Gasteiger partial charge in [0.05, 0.1) is 28.9 Å². The summed E-state index contributed by atoms with van der Waals surface area (Å²) in [6.07, 6.45) is 1.60. The van der Waals surface area contributed by atoms with Crippen LogP contribution in [0.25, 0.3) is 0 Å². The molecule has 22 heavy (non-hydrogen) atoms. The molecule has 3 N–H and O–H groups in total. The summed E-state index contributed by atoms with van der Waals surface area (Å²) in [6.45, 7) is 4.46. The summed E-state index contributed by atoms with van der Waals surface area (Å²) < 4.78 is 0. The molecule has 1 fully saturated rings. The third kappa shape index (κ3) is 4.27. The van der Waals surface area contributed by atoms with Crippen molar-refractivity contribution in [2.24, 2.45) is 5.92 Å². The molecule has 0 aliphatic carbocycles. The third-order valence-electron chi connectivity index (χ3n) is 4.07. The second-order valence-corrected chi connectivity index (χ2v) is 6.20. The molecule has 6 heteroatoms. The predicted octanol–water partition coefficient (Wildman–Crippen LogP) is 2.63. The van der Waals surface area contributed by atoms with Gasteiger partial charge in [0.25, 0.3) is 0 Å². The Kier molecular flexibility index (Phi) is 5.91. The first-order valence-electron chi connectivity index (χ1n) is 7.61. The molecule has 122 valence electrons. The summed E-state index contributed by atoms with van der Waals surface area (Å²) in [5.41, 5.74) is 1.95. The Bertz CT molecular complexity index is 516. The van der Waals surface area contributed by atoms with Crippen LogP contribution in [0, 0.1) is 5.92 Å². The summed E-state index contributed by atoms with van der Waals surface area (Å²) in [5, 5.41) is 21.9. The Balaban J connectivity index is 2.21. The number of piperidine rings is 1. The molecule has 5 nitrogen and oxygen atoms in total. The van der Waals surface area contributed by atoms with Crippen molar-refractivity contribution in [1.29, 1.82) is 0 Å². The Morgan fingerprint density at radius 1 is 1.45 bits per heavy atom. The predicted molar refractivity (Wildman–Crippen MR) is 89.2 cm³/mol. The van der Waals surface area contributed by atoms with Crippen molar-refractivity contribution in [3.05, 3.63) is 23.8 Å². The SMILES string of the molecule is CC1CCN(c2ccc(C(=O)O)cc2NCC(O)CCl)CC1. The van der Waals surface area contributed by atoms with Crippen LogP contribution in [0.5, 0.6) is 0 Å². The lowest BCUT2D eigenvalue weighted by molar-refractivity contribution is 0.0697. The van der Waals surface area contributed by atoms with Gasteiger partial charge in [0, 0.05) is 19.6 Å². The Labute approximate surface area is 135 Å².